The van der Waals surface area contributed by atoms with Crippen molar-refractivity contribution in [3.63, 3.8) is 0 Å². The summed E-state index contributed by atoms with van der Waals surface area (Å²) >= 11 is 7.21. The maximum absolute atomic E-state index is 12.3. The molecule has 0 unspecified atom stereocenters. The van der Waals surface area contributed by atoms with Gasteiger partial charge >= 0.3 is 0 Å². The fourth-order valence-electron chi connectivity index (χ4n) is 2.36. The molecule has 5 nitrogen and oxygen atoms in total. The van der Waals surface area contributed by atoms with Gasteiger partial charge in [-0.1, -0.05) is 11.6 Å². The maximum Gasteiger partial charge on any atom is 0.264 e. The van der Waals surface area contributed by atoms with Gasteiger partial charge in [0.1, 0.15) is 0 Å². The fraction of sp³-hybridized carbons (Fsp3) is 0.385. The number of carbonyl (C=O) groups is 1. The zero-order valence-electron chi connectivity index (χ0n) is 11.1. The Bertz CT molecular complexity index is 615. The molecule has 3 rings (SSSR count). The van der Waals surface area contributed by atoms with E-state index in [0.29, 0.717) is 22.3 Å². The van der Waals surface area contributed by atoms with Gasteiger partial charge in [-0.15, -0.1) is 11.3 Å². The van der Waals surface area contributed by atoms with E-state index in [1.54, 1.807) is 18.3 Å². The molecule has 106 valence electrons. The van der Waals surface area contributed by atoms with Crippen LogP contribution in [0.5, 0.6) is 0 Å². The average molecular weight is 311 g/mol. The predicted molar refractivity (Wildman–Crippen MR) is 80.7 cm³/mol. The van der Waals surface area contributed by atoms with Crippen molar-refractivity contribution < 1.29 is 4.79 Å². The Balaban J connectivity index is 1.64. The number of aromatic nitrogens is 2. The van der Waals surface area contributed by atoms with Gasteiger partial charge in [0.05, 0.1) is 9.21 Å². The quantitative estimate of drug-likeness (QED) is 0.853. The second-order valence-electron chi connectivity index (χ2n) is 4.72. The largest absolute Gasteiger partial charge is 0.339 e. The highest BCUT2D eigenvalue weighted by Gasteiger charge is 2.24. The van der Waals surface area contributed by atoms with Gasteiger partial charge in [0.25, 0.3) is 5.91 Å². The fourth-order valence-corrected chi connectivity index (χ4v) is 3.37. The first-order valence-electron chi connectivity index (χ1n) is 6.42. The van der Waals surface area contributed by atoms with E-state index in [-0.39, 0.29) is 5.91 Å². The van der Waals surface area contributed by atoms with Gasteiger partial charge in [-0.05, 0) is 12.1 Å². The van der Waals surface area contributed by atoms with E-state index < -0.39 is 0 Å². The molecule has 0 bridgehead atoms. The number of thiophene rings is 1. The van der Waals surface area contributed by atoms with Crippen LogP contribution in [0, 0.1) is 0 Å². The average Bonchev–Trinajstić information content (AvgIpc) is 3.07. The van der Waals surface area contributed by atoms with Gasteiger partial charge < -0.3 is 14.4 Å². The molecule has 1 aliphatic heterocycles. The number of rotatable bonds is 2. The van der Waals surface area contributed by atoms with Crippen molar-refractivity contribution in [2.45, 2.75) is 0 Å². The van der Waals surface area contributed by atoms with Gasteiger partial charge in [-0.2, -0.15) is 0 Å². The Morgan fingerprint density at radius 1 is 1.30 bits per heavy atom. The van der Waals surface area contributed by atoms with Crippen LogP contribution in [-0.2, 0) is 7.05 Å². The number of halogens is 1. The molecule has 3 heterocycles. The summed E-state index contributed by atoms with van der Waals surface area (Å²) in [6.07, 6.45) is 3.72. The minimum atomic E-state index is 0.0707. The summed E-state index contributed by atoms with van der Waals surface area (Å²) in [5.74, 6) is 1.03. The highest BCUT2D eigenvalue weighted by atomic mass is 35.5. The molecule has 0 atom stereocenters. The number of piperazine rings is 1. The van der Waals surface area contributed by atoms with Crippen molar-refractivity contribution in [2.24, 2.45) is 7.05 Å². The number of imidazole rings is 1. The number of hydrogen-bond donors (Lipinski definition) is 0. The van der Waals surface area contributed by atoms with Crippen molar-refractivity contribution in [1.29, 1.82) is 0 Å². The van der Waals surface area contributed by atoms with Crippen molar-refractivity contribution in [3.8, 4) is 0 Å². The van der Waals surface area contributed by atoms with Crippen molar-refractivity contribution in [1.82, 2.24) is 14.5 Å². The molecule has 1 saturated heterocycles. The Hall–Kier alpha value is -1.53. The van der Waals surface area contributed by atoms with E-state index in [1.165, 1.54) is 11.3 Å². The van der Waals surface area contributed by atoms with E-state index >= 15 is 0 Å². The predicted octanol–water partition coefficient (Wildman–Crippen LogP) is 2.10. The molecule has 2 aromatic rings. The molecule has 7 heteroatoms. The molecule has 1 aliphatic rings. The van der Waals surface area contributed by atoms with E-state index in [2.05, 4.69) is 9.88 Å². The monoisotopic (exact) mass is 310 g/mol. The molecule has 0 spiro atoms. The molecule has 2 aromatic heterocycles. The molecule has 0 N–H and O–H groups in total. The lowest BCUT2D eigenvalue weighted by molar-refractivity contribution is 0.0751. The van der Waals surface area contributed by atoms with Crippen LogP contribution in [0.15, 0.2) is 24.5 Å². The molecule has 1 fully saturated rings. The van der Waals surface area contributed by atoms with Crippen LogP contribution in [0.25, 0.3) is 0 Å². The smallest absolute Gasteiger partial charge is 0.264 e. The number of aryl methyl sites for hydroxylation is 1. The molecular formula is C13H15ClN4OS. The van der Waals surface area contributed by atoms with Crippen molar-refractivity contribution in [3.05, 3.63) is 33.7 Å². The molecule has 0 aromatic carbocycles. The van der Waals surface area contributed by atoms with Gasteiger partial charge in [0, 0.05) is 45.6 Å². The third kappa shape index (κ3) is 2.53. The van der Waals surface area contributed by atoms with E-state index in [0.717, 1.165) is 19.0 Å². The SMILES string of the molecule is Cn1ccnc1N1CCN(C(=O)c2ccc(Cl)s2)CC1. The zero-order valence-corrected chi connectivity index (χ0v) is 12.7. The summed E-state index contributed by atoms with van der Waals surface area (Å²) in [7, 11) is 1.98. The van der Waals surface area contributed by atoms with Gasteiger partial charge in [0.15, 0.2) is 0 Å². The lowest BCUT2D eigenvalue weighted by atomic mass is 10.3. The van der Waals surface area contributed by atoms with Crippen LogP contribution in [0.4, 0.5) is 5.95 Å². The summed E-state index contributed by atoms with van der Waals surface area (Å²) in [5.41, 5.74) is 0. The Kier molecular flexibility index (Phi) is 3.67. The Morgan fingerprint density at radius 3 is 2.60 bits per heavy atom. The van der Waals surface area contributed by atoms with Crippen LogP contribution in [0.2, 0.25) is 4.34 Å². The molecular weight excluding hydrogens is 296 g/mol. The highest BCUT2D eigenvalue weighted by Crippen LogP contribution is 2.23. The van der Waals surface area contributed by atoms with Crippen LogP contribution in [-0.4, -0.2) is 46.5 Å². The first kappa shape index (κ1) is 13.5. The number of carbonyl (C=O) groups excluding carboxylic acids is 1. The van der Waals surface area contributed by atoms with Gasteiger partial charge in [-0.3, -0.25) is 4.79 Å². The summed E-state index contributed by atoms with van der Waals surface area (Å²) in [4.78, 5) is 21.4. The van der Waals surface area contributed by atoms with Gasteiger partial charge in [0.2, 0.25) is 5.95 Å². The molecule has 0 aliphatic carbocycles. The molecule has 20 heavy (non-hydrogen) atoms. The summed E-state index contributed by atoms with van der Waals surface area (Å²) in [6.45, 7) is 3.02. The lowest BCUT2D eigenvalue weighted by Crippen LogP contribution is -2.49. The second-order valence-corrected chi connectivity index (χ2v) is 6.44. The summed E-state index contributed by atoms with van der Waals surface area (Å²) < 4.78 is 2.65. The van der Waals surface area contributed by atoms with Crippen LogP contribution >= 0.6 is 22.9 Å². The first-order valence-corrected chi connectivity index (χ1v) is 7.61. The minimum Gasteiger partial charge on any atom is -0.339 e. The summed E-state index contributed by atoms with van der Waals surface area (Å²) in [5, 5.41) is 0. The van der Waals surface area contributed by atoms with Crippen LogP contribution < -0.4 is 4.90 Å². The lowest BCUT2D eigenvalue weighted by Gasteiger charge is -2.35. The number of anilines is 1. The third-order valence-electron chi connectivity index (χ3n) is 3.43. The second kappa shape index (κ2) is 5.46. The number of amides is 1. The van der Waals surface area contributed by atoms with Gasteiger partial charge in [-0.25, -0.2) is 4.98 Å². The Labute approximate surface area is 126 Å². The van der Waals surface area contributed by atoms with E-state index in [9.17, 15) is 4.79 Å². The molecule has 1 amide bonds. The van der Waals surface area contributed by atoms with E-state index in [1.807, 2.05) is 22.7 Å². The highest BCUT2D eigenvalue weighted by molar-refractivity contribution is 7.17. The number of nitrogens with zero attached hydrogens (tertiary/aromatic N) is 4. The minimum absolute atomic E-state index is 0.0707. The zero-order chi connectivity index (χ0) is 14.1. The normalized spacial score (nSPS) is 15.7. The maximum atomic E-state index is 12.3. The molecule has 0 radical (unpaired) electrons. The van der Waals surface area contributed by atoms with E-state index in [4.69, 9.17) is 11.6 Å². The summed E-state index contributed by atoms with van der Waals surface area (Å²) in [6, 6.07) is 3.56. The van der Waals surface area contributed by atoms with Crippen molar-refractivity contribution >= 4 is 34.8 Å². The topological polar surface area (TPSA) is 41.4 Å². The number of hydrogen-bond acceptors (Lipinski definition) is 4. The standard InChI is InChI=1S/C13H15ClN4OS/c1-16-5-4-15-13(16)18-8-6-17(7-9-18)12(19)10-2-3-11(14)20-10/h2-5H,6-9H2,1H3. The third-order valence-corrected chi connectivity index (χ3v) is 4.65. The van der Waals surface area contributed by atoms with Crippen LogP contribution in [0.3, 0.4) is 0 Å². The Morgan fingerprint density at radius 2 is 2.05 bits per heavy atom. The molecule has 0 saturated carbocycles. The first-order chi connectivity index (χ1) is 9.65. The van der Waals surface area contributed by atoms with Crippen LogP contribution in [0.1, 0.15) is 9.67 Å². The van der Waals surface area contributed by atoms with Crippen molar-refractivity contribution in [2.75, 3.05) is 31.1 Å².